The normalized spacial score (nSPS) is 11.2. The van der Waals surface area contributed by atoms with Gasteiger partial charge in [-0.05, 0) is 35.4 Å². The van der Waals surface area contributed by atoms with Crippen LogP contribution >= 0.6 is 0 Å². The summed E-state index contributed by atoms with van der Waals surface area (Å²) in [7, 11) is 0. The van der Waals surface area contributed by atoms with Crippen molar-refractivity contribution in [2.75, 3.05) is 0 Å². The van der Waals surface area contributed by atoms with E-state index in [1.807, 2.05) is 6.07 Å². The lowest BCUT2D eigenvalue weighted by Gasteiger charge is -2.08. The van der Waals surface area contributed by atoms with E-state index < -0.39 is 16.4 Å². The molecule has 1 heterocycles. The standard InChI is InChI=1S/C23H15NO6/c25-16-8-9-17-21(13-16)30-20(22(23(17)27)15-4-2-1-3-5-15)11-7-14-6-10-19(26)18(12-14)24(28)29/h1-13,25-26H/b11-7+. The maximum absolute atomic E-state index is 13.2. The summed E-state index contributed by atoms with van der Waals surface area (Å²) < 4.78 is 5.90. The number of phenolic OH excluding ortho intramolecular Hbond substituents is 2. The molecule has 1 aromatic heterocycles. The van der Waals surface area contributed by atoms with Gasteiger partial charge in [0.2, 0.25) is 5.43 Å². The Bertz CT molecular complexity index is 1360. The molecule has 7 heteroatoms. The number of aromatic hydroxyl groups is 2. The van der Waals surface area contributed by atoms with E-state index in [1.165, 1.54) is 42.5 Å². The maximum Gasteiger partial charge on any atom is 0.311 e. The smallest absolute Gasteiger partial charge is 0.311 e. The van der Waals surface area contributed by atoms with Crippen molar-refractivity contribution in [1.29, 1.82) is 0 Å². The molecular weight excluding hydrogens is 386 g/mol. The topological polar surface area (TPSA) is 114 Å². The quantitative estimate of drug-likeness (QED) is 0.369. The van der Waals surface area contributed by atoms with Crippen molar-refractivity contribution >= 4 is 28.8 Å². The highest BCUT2D eigenvalue weighted by molar-refractivity contribution is 5.87. The molecule has 3 aromatic carbocycles. The number of hydrogen-bond acceptors (Lipinski definition) is 6. The molecule has 4 rings (SSSR count). The van der Waals surface area contributed by atoms with Crippen LogP contribution in [0.3, 0.4) is 0 Å². The first-order chi connectivity index (χ1) is 14.4. The van der Waals surface area contributed by atoms with Gasteiger partial charge in [0.1, 0.15) is 17.1 Å². The number of benzene rings is 3. The van der Waals surface area contributed by atoms with Gasteiger partial charge in [0.05, 0.1) is 15.9 Å². The van der Waals surface area contributed by atoms with Crippen molar-refractivity contribution in [2.24, 2.45) is 0 Å². The SMILES string of the molecule is O=c1c(-c2ccccc2)c(/C=C/c2ccc(O)c([N+](=O)[O-])c2)oc2cc(O)ccc12. The Kier molecular flexibility index (Phi) is 4.77. The second-order valence-corrected chi connectivity index (χ2v) is 6.56. The summed E-state index contributed by atoms with van der Waals surface area (Å²) in [5, 5.41) is 30.7. The Balaban J connectivity index is 1.91. The van der Waals surface area contributed by atoms with Crippen LogP contribution in [0.4, 0.5) is 5.69 Å². The van der Waals surface area contributed by atoms with Gasteiger partial charge in [-0.3, -0.25) is 14.9 Å². The summed E-state index contributed by atoms with van der Waals surface area (Å²) in [5.41, 5.74) is 0.952. The van der Waals surface area contributed by atoms with E-state index in [0.717, 1.165) is 0 Å². The number of nitro benzene ring substituents is 1. The summed E-state index contributed by atoms with van der Waals surface area (Å²) in [6.07, 6.45) is 3.08. The Morgan fingerprint density at radius 1 is 0.933 bits per heavy atom. The highest BCUT2D eigenvalue weighted by Crippen LogP contribution is 2.30. The third kappa shape index (κ3) is 3.51. The van der Waals surface area contributed by atoms with E-state index >= 15 is 0 Å². The number of phenols is 2. The number of nitrogens with zero attached hydrogens (tertiary/aromatic N) is 1. The maximum atomic E-state index is 13.2. The second kappa shape index (κ2) is 7.56. The molecule has 0 saturated heterocycles. The van der Waals surface area contributed by atoms with Crippen LogP contribution < -0.4 is 5.43 Å². The summed E-state index contributed by atoms with van der Waals surface area (Å²) in [5.74, 6) is -0.239. The molecule has 0 atom stereocenters. The lowest BCUT2D eigenvalue weighted by molar-refractivity contribution is -0.385. The average Bonchev–Trinajstić information content (AvgIpc) is 2.73. The van der Waals surface area contributed by atoms with Gasteiger partial charge in [-0.2, -0.15) is 0 Å². The van der Waals surface area contributed by atoms with Gasteiger partial charge in [-0.1, -0.05) is 42.5 Å². The molecule has 7 nitrogen and oxygen atoms in total. The molecule has 0 saturated carbocycles. The Hall–Kier alpha value is -4.39. The van der Waals surface area contributed by atoms with Crippen molar-refractivity contribution in [3.05, 3.63) is 98.4 Å². The predicted octanol–water partition coefficient (Wildman–Crippen LogP) is 4.95. The molecule has 30 heavy (non-hydrogen) atoms. The summed E-state index contributed by atoms with van der Waals surface area (Å²) in [4.78, 5) is 23.5. The Morgan fingerprint density at radius 3 is 2.43 bits per heavy atom. The van der Waals surface area contributed by atoms with Gasteiger partial charge in [-0.25, -0.2) is 0 Å². The first kappa shape index (κ1) is 18.9. The zero-order valence-corrected chi connectivity index (χ0v) is 15.5. The molecule has 0 spiro atoms. The van der Waals surface area contributed by atoms with Crippen LogP contribution in [0.2, 0.25) is 0 Å². The molecule has 0 bridgehead atoms. The van der Waals surface area contributed by atoms with Gasteiger partial charge in [0.15, 0.2) is 5.75 Å². The molecule has 0 amide bonds. The summed E-state index contributed by atoms with van der Waals surface area (Å²) in [6, 6.07) is 17.2. The molecule has 0 aliphatic heterocycles. The minimum atomic E-state index is -0.680. The van der Waals surface area contributed by atoms with E-state index in [2.05, 4.69) is 0 Å². The third-order valence-electron chi connectivity index (χ3n) is 4.59. The molecule has 4 aromatic rings. The molecule has 148 valence electrons. The minimum absolute atomic E-state index is 0.0396. The second-order valence-electron chi connectivity index (χ2n) is 6.56. The minimum Gasteiger partial charge on any atom is -0.508 e. The van der Waals surface area contributed by atoms with Crippen molar-refractivity contribution in [2.45, 2.75) is 0 Å². The fourth-order valence-electron chi connectivity index (χ4n) is 3.16. The molecule has 0 fully saturated rings. The Morgan fingerprint density at radius 2 is 1.70 bits per heavy atom. The van der Waals surface area contributed by atoms with Crippen LogP contribution in [-0.4, -0.2) is 15.1 Å². The van der Waals surface area contributed by atoms with E-state index in [-0.39, 0.29) is 22.5 Å². The van der Waals surface area contributed by atoms with Crippen molar-refractivity contribution < 1.29 is 19.6 Å². The van der Waals surface area contributed by atoms with E-state index in [4.69, 9.17) is 4.42 Å². The van der Waals surface area contributed by atoms with Crippen LogP contribution in [0, 0.1) is 10.1 Å². The number of fused-ring (bicyclic) bond motifs is 1. The third-order valence-corrected chi connectivity index (χ3v) is 4.59. The highest BCUT2D eigenvalue weighted by Gasteiger charge is 2.16. The predicted molar refractivity (Wildman–Crippen MR) is 113 cm³/mol. The molecule has 0 aliphatic rings. The van der Waals surface area contributed by atoms with Crippen LogP contribution in [0.15, 0.2) is 75.9 Å². The first-order valence-electron chi connectivity index (χ1n) is 8.95. The highest BCUT2D eigenvalue weighted by atomic mass is 16.6. The van der Waals surface area contributed by atoms with Crippen molar-refractivity contribution in [1.82, 2.24) is 0 Å². The van der Waals surface area contributed by atoms with Crippen LogP contribution in [0.5, 0.6) is 11.5 Å². The molecular formula is C23H15NO6. The Labute approximate surface area is 169 Å². The molecule has 0 unspecified atom stereocenters. The van der Waals surface area contributed by atoms with E-state index in [9.17, 15) is 25.1 Å². The van der Waals surface area contributed by atoms with Gasteiger partial charge in [0.25, 0.3) is 0 Å². The van der Waals surface area contributed by atoms with Crippen molar-refractivity contribution in [3.63, 3.8) is 0 Å². The molecule has 0 radical (unpaired) electrons. The van der Waals surface area contributed by atoms with Crippen LogP contribution in [0.25, 0.3) is 34.2 Å². The van der Waals surface area contributed by atoms with Crippen LogP contribution in [-0.2, 0) is 0 Å². The number of hydrogen-bond donors (Lipinski definition) is 2. The summed E-state index contributed by atoms with van der Waals surface area (Å²) >= 11 is 0. The largest absolute Gasteiger partial charge is 0.508 e. The fraction of sp³-hybridized carbons (Fsp3) is 0. The monoisotopic (exact) mass is 401 g/mol. The zero-order valence-electron chi connectivity index (χ0n) is 15.5. The van der Waals surface area contributed by atoms with Gasteiger partial charge in [0, 0.05) is 12.1 Å². The lowest BCUT2D eigenvalue weighted by Crippen LogP contribution is -2.07. The van der Waals surface area contributed by atoms with Gasteiger partial charge in [-0.15, -0.1) is 0 Å². The van der Waals surface area contributed by atoms with Gasteiger partial charge < -0.3 is 14.6 Å². The van der Waals surface area contributed by atoms with Crippen molar-refractivity contribution in [3.8, 4) is 22.6 Å². The lowest BCUT2D eigenvalue weighted by atomic mass is 10.0. The zero-order chi connectivity index (χ0) is 21.3. The van der Waals surface area contributed by atoms with E-state index in [1.54, 1.807) is 30.3 Å². The summed E-state index contributed by atoms with van der Waals surface area (Å²) in [6.45, 7) is 0. The first-order valence-corrected chi connectivity index (χ1v) is 8.95. The van der Waals surface area contributed by atoms with Gasteiger partial charge >= 0.3 is 5.69 Å². The molecule has 2 N–H and O–H groups in total. The fourth-order valence-corrected chi connectivity index (χ4v) is 3.16. The average molecular weight is 401 g/mol. The molecule has 0 aliphatic carbocycles. The number of nitro groups is 1. The van der Waals surface area contributed by atoms with E-state index in [0.29, 0.717) is 22.1 Å². The van der Waals surface area contributed by atoms with Crippen LogP contribution in [0.1, 0.15) is 11.3 Å². The number of rotatable bonds is 4.